The number of rotatable bonds is 3. The van der Waals surface area contributed by atoms with E-state index in [1.807, 2.05) is 19.9 Å². The van der Waals surface area contributed by atoms with E-state index in [2.05, 4.69) is 43.9 Å². The molecule has 1 saturated heterocycles. The van der Waals surface area contributed by atoms with Crippen molar-refractivity contribution < 1.29 is 9.47 Å². The number of nitrogens with two attached hydrogens (primary N) is 2. The maximum atomic E-state index is 6.54. The molecule has 3 aromatic heterocycles. The van der Waals surface area contributed by atoms with Gasteiger partial charge in [-0.2, -0.15) is 0 Å². The van der Waals surface area contributed by atoms with Gasteiger partial charge in [-0.15, -0.1) is 0 Å². The Morgan fingerprint density at radius 3 is 2.82 bits per heavy atom. The second kappa shape index (κ2) is 6.90. The normalized spacial score (nSPS) is 31.9. The minimum absolute atomic E-state index is 0.000687. The zero-order valence-corrected chi connectivity index (χ0v) is 20.1. The highest BCUT2D eigenvalue weighted by atomic mass is 32.1. The van der Waals surface area contributed by atoms with Crippen molar-refractivity contribution in [3.8, 4) is 0 Å². The molecular formula is C25H28N6O2S. The summed E-state index contributed by atoms with van der Waals surface area (Å²) in [5, 5.41) is 1.52. The number of hydrogen-bond acceptors (Lipinski definition) is 8. The number of nitrogen functional groups attached to an aromatic ring is 2. The minimum atomic E-state index is -0.583. The van der Waals surface area contributed by atoms with Gasteiger partial charge >= 0.3 is 0 Å². The van der Waals surface area contributed by atoms with Gasteiger partial charge in [-0.25, -0.2) is 15.0 Å². The monoisotopic (exact) mass is 476 g/mol. The zero-order valence-electron chi connectivity index (χ0n) is 19.3. The van der Waals surface area contributed by atoms with Crippen molar-refractivity contribution >= 4 is 43.5 Å². The number of thiazole rings is 1. The fraction of sp³-hybridized carbons (Fsp3) is 0.480. The van der Waals surface area contributed by atoms with Crippen molar-refractivity contribution in [1.82, 2.24) is 19.5 Å². The third-order valence-corrected chi connectivity index (χ3v) is 8.86. The predicted molar refractivity (Wildman–Crippen MR) is 132 cm³/mol. The van der Waals surface area contributed by atoms with E-state index in [9.17, 15) is 0 Å². The molecule has 4 aromatic rings. The van der Waals surface area contributed by atoms with Crippen LogP contribution < -0.4 is 11.5 Å². The minimum Gasteiger partial charge on any atom is -0.383 e. The van der Waals surface area contributed by atoms with Crippen LogP contribution in [0, 0.1) is 11.3 Å². The van der Waals surface area contributed by atoms with Crippen LogP contribution in [0.2, 0.25) is 0 Å². The van der Waals surface area contributed by atoms with Crippen molar-refractivity contribution in [2.45, 2.75) is 63.6 Å². The second-order valence-corrected chi connectivity index (χ2v) is 11.8. The summed E-state index contributed by atoms with van der Waals surface area (Å²) < 4.78 is 16.4. The van der Waals surface area contributed by atoms with Gasteiger partial charge in [0.25, 0.3) is 0 Å². The fourth-order valence-electron chi connectivity index (χ4n) is 6.79. The summed E-state index contributed by atoms with van der Waals surface area (Å²) in [7, 11) is 0. The van der Waals surface area contributed by atoms with E-state index in [1.165, 1.54) is 10.3 Å². The topological polar surface area (TPSA) is 114 Å². The van der Waals surface area contributed by atoms with Gasteiger partial charge in [0.15, 0.2) is 10.9 Å². The van der Waals surface area contributed by atoms with E-state index in [-0.39, 0.29) is 23.7 Å². The molecule has 1 aromatic carbocycles. The summed E-state index contributed by atoms with van der Waals surface area (Å²) in [6.45, 7) is 4.05. The van der Waals surface area contributed by atoms with Gasteiger partial charge in [0.05, 0.1) is 27.7 Å². The molecule has 2 saturated carbocycles. The highest BCUT2D eigenvalue weighted by Gasteiger charge is 2.65. The lowest BCUT2D eigenvalue weighted by atomic mass is 9.58. The Labute approximate surface area is 201 Å². The van der Waals surface area contributed by atoms with Gasteiger partial charge in [0.1, 0.15) is 23.9 Å². The van der Waals surface area contributed by atoms with Crippen LogP contribution in [0.3, 0.4) is 0 Å². The van der Waals surface area contributed by atoms with Crippen LogP contribution in [-0.2, 0) is 15.9 Å². The number of hydrogen-bond donors (Lipinski definition) is 2. The summed E-state index contributed by atoms with van der Waals surface area (Å²) in [5.74, 6) is 0.564. The molecule has 1 spiro atoms. The van der Waals surface area contributed by atoms with Crippen LogP contribution in [0.5, 0.6) is 0 Å². The number of fused-ring (bicyclic) bond motifs is 4. The number of anilines is 2. The van der Waals surface area contributed by atoms with E-state index in [4.69, 9.17) is 20.9 Å². The first-order valence-corrected chi connectivity index (χ1v) is 12.7. The molecule has 2 aliphatic carbocycles. The summed E-state index contributed by atoms with van der Waals surface area (Å²) in [6, 6.07) is 8.71. The summed E-state index contributed by atoms with van der Waals surface area (Å²) in [6.07, 6.45) is 8.08. The highest BCUT2D eigenvalue weighted by Crippen LogP contribution is 2.64. The Morgan fingerprint density at radius 2 is 1.97 bits per heavy atom. The molecule has 0 unspecified atom stereocenters. The zero-order chi connectivity index (χ0) is 23.2. The maximum absolute atomic E-state index is 6.54. The Bertz CT molecular complexity index is 1420. The number of nitrogens with zero attached hydrogens (tertiary/aromatic N) is 4. The van der Waals surface area contributed by atoms with Gasteiger partial charge in [0, 0.05) is 11.6 Å². The van der Waals surface area contributed by atoms with E-state index < -0.39 is 5.79 Å². The van der Waals surface area contributed by atoms with Gasteiger partial charge in [-0.05, 0) is 69.2 Å². The predicted octanol–water partition coefficient (Wildman–Crippen LogP) is 4.31. The molecule has 34 heavy (non-hydrogen) atoms. The first-order valence-electron chi connectivity index (χ1n) is 11.9. The average Bonchev–Trinajstić information content (AvgIpc) is 3.48. The van der Waals surface area contributed by atoms with E-state index in [0.29, 0.717) is 16.9 Å². The largest absolute Gasteiger partial charge is 0.383 e. The Kier molecular flexibility index (Phi) is 4.18. The molecule has 9 heteroatoms. The van der Waals surface area contributed by atoms with Crippen LogP contribution in [0.15, 0.2) is 36.8 Å². The van der Waals surface area contributed by atoms with Gasteiger partial charge < -0.3 is 25.5 Å². The Morgan fingerprint density at radius 1 is 1.12 bits per heavy atom. The second-order valence-electron chi connectivity index (χ2n) is 10.7. The third kappa shape index (κ3) is 3.00. The van der Waals surface area contributed by atoms with Crippen LogP contribution >= 0.6 is 11.3 Å². The number of aromatic nitrogens is 4. The molecule has 7 rings (SSSR count). The van der Waals surface area contributed by atoms with Crippen molar-refractivity contribution in [1.29, 1.82) is 0 Å². The van der Waals surface area contributed by atoms with Crippen molar-refractivity contribution in [2.24, 2.45) is 11.3 Å². The Hall–Kier alpha value is -2.75. The van der Waals surface area contributed by atoms with Crippen LogP contribution in [0.1, 0.15) is 44.7 Å². The molecule has 8 nitrogen and oxygen atoms in total. The van der Waals surface area contributed by atoms with Gasteiger partial charge in [0.2, 0.25) is 0 Å². The molecule has 3 atom stereocenters. The number of ether oxygens (including phenoxy) is 2. The molecule has 0 bridgehead atoms. The third-order valence-electron chi connectivity index (χ3n) is 8.01. The van der Waals surface area contributed by atoms with E-state index >= 15 is 0 Å². The lowest BCUT2D eigenvalue weighted by Crippen LogP contribution is -2.46. The van der Waals surface area contributed by atoms with Crippen LogP contribution in [0.25, 0.3) is 21.3 Å². The van der Waals surface area contributed by atoms with Crippen LogP contribution in [-0.4, -0.2) is 37.5 Å². The Balaban J connectivity index is 1.16. The van der Waals surface area contributed by atoms with Crippen LogP contribution in [0.4, 0.5) is 10.9 Å². The van der Waals surface area contributed by atoms with Gasteiger partial charge in [-0.1, -0.05) is 17.4 Å². The smallest absolute Gasteiger partial charge is 0.181 e. The van der Waals surface area contributed by atoms with E-state index in [0.717, 1.165) is 42.2 Å². The standard InChI is InChI=1S/C25H28N6O2S/c1-24(2)32-19-17(31-6-5-15-21(26)28-12-29-22(15)31)11-25(20(19)33-24)9-14(10-25)7-13-3-4-16-18(8-13)34-23(27)30-16/h3-6,8,12,14,17,19-20H,7,9-11H2,1-2H3,(H2,27,30)(H2,26,28,29)/t14?,17-,19+,20+,25?/m1/s1. The van der Waals surface area contributed by atoms with E-state index in [1.54, 1.807) is 17.7 Å². The molecule has 1 aliphatic heterocycles. The molecule has 0 amide bonds. The highest BCUT2D eigenvalue weighted by molar-refractivity contribution is 7.22. The summed E-state index contributed by atoms with van der Waals surface area (Å²) in [4.78, 5) is 13.1. The first-order chi connectivity index (χ1) is 16.3. The van der Waals surface area contributed by atoms with Gasteiger partial charge in [-0.3, -0.25) is 0 Å². The van der Waals surface area contributed by atoms with Crippen molar-refractivity contribution in [2.75, 3.05) is 11.5 Å². The fourth-order valence-corrected chi connectivity index (χ4v) is 7.59. The molecule has 176 valence electrons. The van der Waals surface area contributed by atoms with Crippen molar-refractivity contribution in [3.05, 3.63) is 42.4 Å². The molecular weight excluding hydrogens is 448 g/mol. The molecule has 4 heterocycles. The summed E-state index contributed by atoms with van der Waals surface area (Å²) in [5.41, 5.74) is 15.3. The number of benzene rings is 1. The van der Waals surface area contributed by atoms with Crippen molar-refractivity contribution in [3.63, 3.8) is 0 Å². The SMILES string of the molecule is CC1(C)O[C@H]2[C@H](n3ccc4c(N)ncnc43)CC3(CC(Cc4ccc5nc(N)sc5c4)C3)[C@H]2O1. The molecule has 3 aliphatic rings. The quantitative estimate of drug-likeness (QED) is 0.453. The average molecular weight is 477 g/mol. The summed E-state index contributed by atoms with van der Waals surface area (Å²) >= 11 is 1.56. The first kappa shape index (κ1) is 20.6. The molecule has 3 fully saturated rings. The molecule has 0 radical (unpaired) electrons. The molecule has 4 N–H and O–H groups in total. The maximum Gasteiger partial charge on any atom is 0.181 e. The lowest BCUT2D eigenvalue weighted by molar-refractivity contribution is -0.181. The lowest BCUT2D eigenvalue weighted by Gasteiger charge is -2.49.